The van der Waals surface area contributed by atoms with Crippen molar-refractivity contribution in [3.05, 3.63) is 35.4 Å². The van der Waals surface area contributed by atoms with Crippen LogP contribution in [0.5, 0.6) is 0 Å². The second-order valence-electron chi connectivity index (χ2n) is 5.05. The summed E-state index contributed by atoms with van der Waals surface area (Å²) in [5.41, 5.74) is 2.63. The normalized spacial score (nSPS) is 22.9. The number of rotatable bonds is 3. The molecule has 0 aliphatic carbocycles. The van der Waals surface area contributed by atoms with Gasteiger partial charge < -0.3 is 10.0 Å². The van der Waals surface area contributed by atoms with E-state index in [9.17, 15) is 5.11 Å². The molecule has 1 heterocycles. The smallest absolute Gasteiger partial charge is 0.0599 e. The summed E-state index contributed by atoms with van der Waals surface area (Å²) < 4.78 is 0. The summed E-state index contributed by atoms with van der Waals surface area (Å²) in [5.74, 6) is 0. The van der Waals surface area contributed by atoms with Crippen molar-refractivity contribution < 1.29 is 5.11 Å². The molecule has 1 aliphatic rings. The number of piperazine rings is 1. The standard InChI is InChI=1S/C14H22N2O/c1-12-3-5-13(6-4-12)9-16-8-7-15(2)10-14(16)11-17/h3-6,14,17H,7-11H2,1-2H3. The van der Waals surface area contributed by atoms with E-state index < -0.39 is 0 Å². The summed E-state index contributed by atoms with van der Waals surface area (Å²) in [6, 6.07) is 8.94. The fourth-order valence-corrected chi connectivity index (χ4v) is 2.36. The van der Waals surface area contributed by atoms with Gasteiger partial charge in [0.25, 0.3) is 0 Å². The Hall–Kier alpha value is -0.900. The first-order valence-corrected chi connectivity index (χ1v) is 6.28. The molecule has 0 amide bonds. The van der Waals surface area contributed by atoms with Crippen LogP contribution in [0.2, 0.25) is 0 Å². The zero-order valence-corrected chi connectivity index (χ0v) is 10.8. The van der Waals surface area contributed by atoms with Crippen LogP contribution in [0.3, 0.4) is 0 Å². The first-order chi connectivity index (χ1) is 8.19. The summed E-state index contributed by atoms with van der Waals surface area (Å²) in [4.78, 5) is 4.66. The number of hydrogen-bond acceptors (Lipinski definition) is 3. The number of nitrogens with zero attached hydrogens (tertiary/aromatic N) is 2. The molecule has 1 unspecified atom stereocenters. The van der Waals surface area contributed by atoms with Gasteiger partial charge in [-0.2, -0.15) is 0 Å². The minimum atomic E-state index is 0.246. The third-order valence-corrected chi connectivity index (χ3v) is 3.52. The molecule has 17 heavy (non-hydrogen) atoms. The Bertz CT molecular complexity index is 350. The zero-order chi connectivity index (χ0) is 12.3. The highest BCUT2D eigenvalue weighted by molar-refractivity contribution is 5.21. The van der Waals surface area contributed by atoms with Crippen molar-refractivity contribution in [2.45, 2.75) is 19.5 Å². The molecule has 0 bridgehead atoms. The van der Waals surface area contributed by atoms with E-state index in [2.05, 4.69) is 48.0 Å². The molecule has 1 fully saturated rings. The van der Waals surface area contributed by atoms with E-state index in [0.29, 0.717) is 0 Å². The highest BCUT2D eigenvalue weighted by Gasteiger charge is 2.24. The van der Waals surface area contributed by atoms with Crippen molar-refractivity contribution in [2.24, 2.45) is 0 Å². The zero-order valence-electron chi connectivity index (χ0n) is 10.8. The van der Waals surface area contributed by atoms with E-state index in [1.54, 1.807) is 0 Å². The van der Waals surface area contributed by atoms with Crippen LogP contribution < -0.4 is 0 Å². The van der Waals surface area contributed by atoms with E-state index in [1.165, 1.54) is 11.1 Å². The number of benzene rings is 1. The summed E-state index contributed by atoms with van der Waals surface area (Å²) in [6.07, 6.45) is 0. The Balaban J connectivity index is 1.99. The first-order valence-electron chi connectivity index (χ1n) is 6.28. The maximum atomic E-state index is 9.43. The second-order valence-corrected chi connectivity index (χ2v) is 5.05. The minimum Gasteiger partial charge on any atom is -0.395 e. The molecular formula is C14H22N2O. The maximum absolute atomic E-state index is 9.43. The van der Waals surface area contributed by atoms with Crippen LogP contribution in [0.4, 0.5) is 0 Å². The highest BCUT2D eigenvalue weighted by Crippen LogP contribution is 2.13. The largest absolute Gasteiger partial charge is 0.395 e. The van der Waals surface area contributed by atoms with Crippen LogP contribution in [0.1, 0.15) is 11.1 Å². The van der Waals surface area contributed by atoms with Gasteiger partial charge >= 0.3 is 0 Å². The van der Waals surface area contributed by atoms with Crippen LogP contribution in [-0.2, 0) is 6.54 Å². The van der Waals surface area contributed by atoms with Crippen molar-refractivity contribution in [1.82, 2.24) is 9.80 Å². The lowest BCUT2D eigenvalue weighted by atomic mass is 10.1. The average Bonchev–Trinajstić information content (AvgIpc) is 2.34. The van der Waals surface area contributed by atoms with Gasteiger partial charge in [0.15, 0.2) is 0 Å². The molecule has 1 saturated heterocycles. The topological polar surface area (TPSA) is 26.7 Å². The number of aliphatic hydroxyl groups excluding tert-OH is 1. The van der Waals surface area contributed by atoms with Crippen molar-refractivity contribution in [1.29, 1.82) is 0 Å². The number of likely N-dealkylation sites (N-methyl/N-ethyl adjacent to an activating group) is 1. The molecule has 1 N–H and O–H groups in total. The molecule has 0 radical (unpaired) electrons. The van der Waals surface area contributed by atoms with Crippen molar-refractivity contribution >= 4 is 0 Å². The SMILES string of the molecule is Cc1ccc(CN2CCN(C)CC2CO)cc1. The average molecular weight is 234 g/mol. The molecule has 0 saturated carbocycles. The summed E-state index contributed by atoms with van der Waals surface area (Å²) in [7, 11) is 2.12. The lowest BCUT2D eigenvalue weighted by molar-refractivity contribution is 0.0458. The molecule has 1 aliphatic heterocycles. The summed E-state index contributed by atoms with van der Waals surface area (Å²) >= 11 is 0. The van der Waals surface area contributed by atoms with Crippen LogP contribution in [0.25, 0.3) is 0 Å². The van der Waals surface area contributed by atoms with Gasteiger partial charge in [-0.3, -0.25) is 4.90 Å². The minimum absolute atomic E-state index is 0.246. The fourth-order valence-electron chi connectivity index (χ4n) is 2.36. The Morgan fingerprint density at radius 2 is 1.94 bits per heavy atom. The van der Waals surface area contributed by atoms with Gasteiger partial charge in [-0.15, -0.1) is 0 Å². The van der Waals surface area contributed by atoms with Gasteiger partial charge in [-0.1, -0.05) is 29.8 Å². The van der Waals surface area contributed by atoms with E-state index in [1.807, 2.05) is 0 Å². The molecule has 1 atom stereocenters. The Morgan fingerprint density at radius 3 is 2.59 bits per heavy atom. The van der Waals surface area contributed by atoms with Crippen LogP contribution in [0, 0.1) is 6.92 Å². The highest BCUT2D eigenvalue weighted by atomic mass is 16.3. The fraction of sp³-hybridized carbons (Fsp3) is 0.571. The first kappa shape index (κ1) is 12.6. The molecule has 3 heteroatoms. The molecular weight excluding hydrogens is 212 g/mol. The van der Waals surface area contributed by atoms with Crippen molar-refractivity contribution in [2.75, 3.05) is 33.3 Å². The van der Waals surface area contributed by atoms with Crippen LogP contribution >= 0.6 is 0 Å². The van der Waals surface area contributed by atoms with Gasteiger partial charge in [0.2, 0.25) is 0 Å². The van der Waals surface area contributed by atoms with Gasteiger partial charge in [-0.05, 0) is 19.5 Å². The number of aryl methyl sites for hydroxylation is 1. The van der Waals surface area contributed by atoms with E-state index in [0.717, 1.165) is 26.2 Å². The van der Waals surface area contributed by atoms with Gasteiger partial charge in [-0.25, -0.2) is 0 Å². The quantitative estimate of drug-likeness (QED) is 0.848. The van der Waals surface area contributed by atoms with Crippen molar-refractivity contribution in [3.8, 4) is 0 Å². The van der Waals surface area contributed by atoms with E-state index in [-0.39, 0.29) is 12.6 Å². The van der Waals surface area contributed by atoms with Gasteiger partial charge in [0.05, 0.1) is 6.61 Å². The lowest BCUT2D eigenvalue weighted by Crippen LogP contribution is -2.52. The molecule has 2 rings (SSSR count). The van der Waals surface area contributed by atoms with E-state index in [4.69, 9.17) is 0 Å². The van der Waals surface area contributed by atoms with E-state index >= 15 is 0 Å². The lowest BCUT2D eigenvalue weighted by Gasteiger charge is -2.39. The summed E-state index contributed by atoms with van der Waals surface area (Å²) in [6.45, 7) is 6.38. The predicted octanol–water partition coefficient (Wildman–Crippen LogP) is 1.10. The Kier molecular flexibility index (Phi) is 4.15. The summed E-state index contributed by atoms with van der Waals surface area (Å²) in [5, 5.41) is 9.43. The molecule has 1 aromatic carbocycles. The van der Waals surface area contributed by atoms with Crippen molar-refractivity contribution in [3.63, 3.8) is 0 Å². The monoisotopic (exact) mass is 234 g/mol. The third kappa shape index (κ3) is 3.28. The maximum Gasteiger partial charge on any atom is 0.0599 e. The molecule has 3 nitrogen and oxygen atoms in total. The molecule has 94 valence electrons. The number of hydrogen-bond donors (Lipinski definition) is 1. The van der Waals surface area contributed by atoms with Gasteiger partial charge in [0.1, 0.15) is 0 Å². The van der Waals surface area contributed by atoms with Crippen LogP contribution in [0.15, 0.2) is 24.3 Å². The predicted molar refractivity (Wildman–Crippen MR) is 70.0 cm³/mol. The van der Waals surface area contributed by atoms with Gasteiger partial charge in [0, 0.05) is 32.2 Å². The number of aliphatic hydroxyl groups is 1. The molecule has 0 aromatic heterocycles. The van der Waals surface area contributed by atoms with Crippen LogP contribution in [-0.4, -0.2) is 54.2 Å². The second kappa shape index (κ2) is 5.63. The molecule has 0 spiro atoms. The Labute approximate surface area is 104 Å². The Morgan fingerprint density at radius 1 is 1.24 bits per heavy atom. The third-order valence-electron chi connectivity index (χ3n) is 3.52. The molecule has 1 aromatic rings.